The van der Waals surface area contributed by atoms with Crippen LogP contribution in [0.2, 0.25) is 5.02 Å². The van der Waals surface area contributed by atoms with Crippen LogP contribution >= 0.6 is 11.6 Å². The van der Waals surface area contributed by atoms with Crippen molar-refractivity contribution < 1.29 is 4.79 Å². The zero-order valence-electron chi connectivity index (χ0n) is 12.2. The summed E-state index contributed by atoms with van der Waals surface area (Å²) < 4.78 is 0. The summed E-state index contributed by atoms with van der Waals surface area (Å²) in [6, 6.07) is 11.0. The third-order valence-electron chi connectivity index (χ3n) is 3.03. The Morgan fingerprint density at radius 3 is 2.48 bits per heavy atom. The monoisotopic (exact) mass is 304 g/mol. The van der Waals surface area contributed by atoms with Gasteiger partial charge < -0.3 is 10.2 Å². The minimum atomic E-state index is -0.173. The van der Waals surface area contributed by atoms with E-state index < -0.39 is 0 Å². The number of carbonyl (C=O) groups excluding carboxylic acids is 1. The van der Waals surface area contributed by atoms with Crippen molar-refractivity contribution in [2.45, 2.75) is 13.0 Å². The van der Waals surface area contributed by atoms with Gasteiger partial charge in [0.05, 0.1) is 6.04 Å². The molecule has 0 bridgehead atoms. The topological polar surface area (TPSA) is 58.1 Å². The molecule has 1 atom stereocenters. The molecular weight excluding hydrogens is 288 g/mol. The minimum Gasteiger partial charge on any atom is -0.362 e. The molecule has 21 heavy (non-hydrogen) atoms. The van der Waals surface area contributed by atoms with E-state index in [1.807, 2.05) is 31.2 Å². The number of hydrogen-bond acceptors (Lipinski definition) is 4. The fraction of sp³-hybridized carbons (Fsp3) is 0.267. The van der Waals surface area contributed by atoms with Crippen LogP contribution in [0, 0.1) is 0 Å². The molecule has 5 nitrogen and oxygen atoms in total. The fourth-order valence-corrected chi connectivity index (χ4v) is 2.18. The van der Waals surface area contributed by atoms with Crippen molar-refractivity contribution in [3.63, 3.8) is 0 Å². The van der Waals surface area contributed by atoms with Crippen molar-refractivity contribution in [1.29, 1.82) is 0 Å². The van der Waals surface area contributed by atoms with Crippen molar-refractivity contribution in [2.24, 2.45) is 0 Å². The van der Waals surface area contributed by atoms with E-state index in [-0.39, 0.29) is 11.9 Å². The lowest BCUT2D eigenvalue weighted by molar-refractivity contribution is 0.0821. The molecule has 0 aliphatic heterocycles. The summed E-state index contributed by atoms with van der Waals surface area (Å²) >= 11 is 6.16. The van der Waals surface area contributed by atoms with E-state index in [1.54, 1.807) is 26.2 Å². The van der Waals surface area contributed by atoms with Gasteiger partial charge in [0.2, 0.25) is 0 Å². The fourth-order valence-electron chi connectivity index (χ4n) is 1.88. The average molecular weight is 305 g/mol. The number of amides is 1. The number of nitrogens with one attached hydrogen (secondary N) is 1. The smallest absolute Gasteiger partial charge is 0.273 e. The van der Waals surface area contributed by atoms with Crippen molar-refractivity contribution in [2.75, 3.05) is 19.4 Å². The summed E-state index contributed by atoms with van der Waals surface area (Å²) in [5.41, 5.74) is 1.30. The van der Waals surface area contributed by atoms with Crippen LogP contribution in [0.3, 0.4) is 0 Å². The molecule has 0 aliphatic rings. The van der Waals surface area contributed by atoms with Crippen molar-refractivity contribution in [3.8, 4) is 0 Å². The SMILES string of the molecule is CC(Nc1ccc(C(=O)N(C)C)nn1)c1ccccc1Cl. The summed E-state index contributed by atoms with van der Waals surface area (Å²) in [6.45, 7) is 1.99. The van der Waals surface area contributed by atoms with Crippen LogP contribution in [0.15, 0.2) is 36.4 Å². The maximum absolute atomic E-state index is 11.7. The molecule has 0 saturated carbocycles. The van der Waals surface area contributed by atoms with E-state index in [9.17, 15) is 4.79 Å². The summed E-state index contributed by atoms with van der Waals surface area (Å²) in [6.07, 6.45) is 0. The molecule has 110 valence electrons. The second-order valence-electron chi connectivity index (χ2n) is 4.89. The normalized spacial score (nSPS) is 11.8. The van der Waals surface area contributed by atoms with Crippen LogP contribution in [0.1, 0.15) is 29.0 Å². The molecule has 1 heterocycles. The minimum absolute atomic E-state index is 0.0107. The Balaban J connectivity index is 2.10. The Bertz CT molecular complexity index is 628. The zero-order valence-corrected chi connectivity index (χ0v) is 12.9. The van der Waals surface area contributed by atoms with Gasteiger partial charge in [-0.1, -0.05) is 29.8 Å². The lowest BCUT2D eigenvalue weighted by Gasteiger charge is -2.16. The Hall–Kier alpha value is -2.14. The number of hydrogen-bond donors (Lipinski definition) is 1. The first-order valence-electron chi connectivity index (χ1n) is 6.55. The predicted octanol–water partition coefficient (Wildman–Crippen LogP) is 3.00. The number of anilines is 1. The number of rotatable bonds is 4. The predicted molar refractivity (Wildman–Crippen MR) is 83.5 cm³/mol. The highest BCUT2D eigenvalue weighted by Crippen LogP contribution is 2.24. The van der Waals surface area contributed by atoms with Gasteiger partial charge in [-0.2, -0.15) is 0 Å². The molecule has 2 rings (SSSR count). The molecular formula is C15H17ClN4O. The molecule has 1 aromatic carbocycles. The first-order valence-corrected chi connectivity index (χ1v) is 6.93. The van der Waals surface area contributed by atoms with Gasteiger partial charge in [-0.15, -0.1) is 10.2 Å². The molecule has 1 aromatic heterocycles. The molecule has 0 saturated heterocycles. The molecule has 1 N–H and O–H groups in total. The third-order valence-corrected chi connectivity index (χ3v) is 3.37. The second-order valence-corrected chi connectivity index (χ2v) is 5.30. The van der Waals surface area contributed by atoms with Crippen LogP contribution in [0.4, 0.5) is 5.82 Å². The standard InChI is InChI=1S/C15H17ClN4O/c1-10(11-6-4-5-7-12(11)16)17-14-9-8-13(18-19-14)15(21)20(2)3/h4-10H,1-3H3,(H,17,19). The van der Waals surface area contributed by atoms with Gasteiger partial charge in [-0.3, -0.25) is 4.79 Å². The maximum Gasteiger partial charge on any atom is 0.273 e. The Labute approximate surface area is 128 Å². The Morgan fingerprint density at radius 2 is 1.90 bits per heavy atom. The maximum atomic E-state index is 11.7. The van der Waals surface area contributed by atoms with Crippen molar-refractivity contribution >= 4 is 23.3 Å². The first-order chi connectivity index (χ1) is 9.99. The molecule has 1 amide bonds. The van der Waals surface area contributed by atoms with Crippen LogP contribution in [-0.4, -0.2) is 35.1 Å². The molecule has 6 heteroatoms. The summed E-state index contributed by atoms with van der Waals surface area (Å²) in [7, 11) is 3.35. The largest absolute Gasteiger partial charge is 0.362 e. The van der Waals surface area contributed by atoms with Gasteiger partial charge in [0.25, 0.3) is 5.91 Å². The van der Waals surface area contributed by atoms with Crippen LogP contribution in [0.5, 0.6) is 0 Å². The summed E-state index contributed by atoms with van der Waals surface area (Å²) in [4.78, 5) is 13.2. The van der Waals surface area contributed by atoms with Crippen molar-refractivity contribution in [3.05, 3.63) is 52.7 Å². The van der Waals surface area contributed by atoms with Crippen LogP contribution in [-0.2, 0) is 0 Å². The summed E-state index contributed by atoms with van der Waals surface area (Å²) in [5, 5.41) is 11.9. The second kappa shape index (κ2) is 6.54. The van der Waals surface area contributed by atoms with E-state index in [2.05, 4.69) is 15.5 Å². The molecule has 2 aromatic rings. The molecule has 1 unspecified atom stereocenters. The van der Waals surface area contributed by atoms with E-state index in [1.165, 1.54) is 4.90 Å². The quantitative estimate of drug-likeness (QED) is 0.943. The number of halogens is 1. The third kappa shape index (κ3) is 3.70. The zero-order chi connectivity index (χ0) is 15.4. The highest BCUT2D eigenvalue weighted by Gasteiger charge is 2.12. The van der Waals surface area contributed by atoms with E-state index >= 15 is 0 Å². The van der Waals surface area contributed by atoms with Gasteiger partial charge >= 0.3 is 0 Å². The Kier molecular flexibility index (Phi) is 4.75. The van der Waals surface area contributed by atoms with Crippen LogP contribution in [0.25, 0.3) is 0 Å². The van der Waals surface area contributed by atoms with Gasteiger partial charge in [0.1, 0.15) is 5.82 Å². The number of nitrogens with zero attached hydrogens (tertiary/aromatic N) is 3. The molecule has 0 fully saturated rings. The molecule has 0 spiro atoms. The lowest BCUT2D eigenvalue weighted by atomic mass is 10.1. The molecule has 0 radical (unpaired) electrons. The van der Waals surface area contributed by atoms with E-state index in [0.29, 0.717) is 16.5 Å². The molecule has 0 aliphatic carbocycles. The first kappa shape index (κ1) is 15.3. The number of aromatic nitrogens is 2. The average Bonchev–Trinajstić information content (AvgIpc) is 2.47. The van der Waals surface area contributed by atoms with Crippen molar-refractivity contribution in [1.82, 2.24) is 15.1 Å². The van der Waals surface area contributed by atoms with Gasteiger partial charge in [-0.25, -0.2) is 0 Å². The Morgan fingerprint density at radius 1 is 1.19 bits per heavy atom. The van der Waals surface area contributed by atoms with Gasteiger partial charge in [0, 0.05) is 19.1 Å². The highest BCUT2D eigenvalue weighted by molar-refractivity contribution is 6.31. The van der Waals surface area contributed by atoms with E-state index in [0.717, 1.165) is 5.56 Å². The van der Waals surface area contributed by atoms with Gasteiger partial charge in [-0.05, 0) is 30.7 Å². The van der Waals surface area contributed by atoms with Gasteiger partial charge in [0.15, 0.2) is 5.69 Å². The van der Waals surface area contributed by atoms with E-state index in [4.69, 9.17) is 11.6 Å². The van der Waals surface area contributed by atoms with Crippen LogP contribution < -0.4 is 5.32 Å². The summed E-state index contributed by atoms with van der Waals surface area (Å²) in [5.74, 6) is 0.422. The highest BCUT2D eigenvalue weighted by atomic mass is 35.5. The lowest BCUT2D eigenvalue weighted by Crippen LogP contribution is -2.23. The number of benzene rings is 1. The number of carbonyl (C=O) groups is 1.